The van der Waals surface area contributed by atoms with Crippen molar-refractivity contribution in [1.29, 1.82) is 0 Å². The second-order valence-electron chi connectivity index (χ2n) is 3.16. The SMILES string of the molecule is O=C=NCc1ccc(-n2ccnc2)c(F)c1. The summed E-state index contributed by atoms with van der Waals surface area (Å²) in [7, 11) is 0. The quantitative estimate of drug-likeness (QED) is 0.581. The highest BCUT2D eigenvalue weighted by Crippen LogP contribution is 2.15. The fraction of sp³-hybridized carbons (Fsp3) is 0.0909. The fourth-order valence-corrected chi connectivity index (χ4v) is 1.38. The largest absolute Gasteiger partial charge is 0.303 e. The molecule has 80 valence electrons. The average Bonchev–Trinajstić information content (AvgIpc) is 2.80. The van der Waals surface area contributed by atoms with E-state index in [1.54, 1.807) is 29.1 Å². The summed E-state index contributed by atoms with van der Waals surface area (Å²) in [6, 6.07) is 4.67. The number of nitrogens with zero attached hydrogens (tertiary/aromatic N) is 3. The third kappa shape index (κ3) is 2.04. The predicted octanol–water partition coefficient (Wildman–Crippen LogP) is 1.85. The third-order valence-electron chi connectivity index (χ3n) is 2.12. The van der Waals surface area contributed by atoms with Crippen LogP contribution in [0.4, 0.5) is 4.39 Å². The Labute approximate surface area is 91.1 Å². The van der Waals surface area contributed by atoms with Crippen LogP contribution in [-0.2, 0) is 11.3 Å². The number of carbonyl (C=O) groups excluding carboxylic acids is 1. The number of aliphatic imine (C=N–C) groups is 1. The molecule has 1 heterocycles. The normalized spacial score (nSPS) is 9.81. The summed E-state index contributed by atoms with van der Waals surface area (Å²) in [5.74, 6) is -0.378. The van der Waals surface area contributed by atoms with Crippen molar-refractivity contribution in [2.75, 3.05) is 0 Å². The summed E-state index contributed by atoms with van der Waals surface area (Å²) in [4.78, 5) is 17.1. The lowest BCUT2D eigenvalue weighted by molar-refractivity contribution is 0.562. The summed E-state index contributed by atoms with van der Waals surface area (Å²) in [6.45, 7) is 0.143. The Hall–Kier alpha value is -2.26. The first kappa shape index (κ1) is 10.3. The standard InChI is InChI=1S/C11H8FN3O/c12-10-5-9(6-14-8-16)1-2-11(10)15-4-3-13-7-15/h1-5,7H,6H2. The zero-order chi connectivity index (χ0) is 11.4. The minimum atomic E-state index is -0.378. The van der Waals surface area contributed by atoms with Crippen molar-refractivity contribution in [2.45, 2.75) is 6.54 Å². The van der Waals surface area contributed by atoms with Gasteiger partial charge in [-0.15, -0.1) is 0 Å². The van der Waals surface area contributed by atoms with Gasteiger partial charge in [0.2, 0.25) is 6.08 Å². The Morgan fingerprint density at radius 1 is 1.50 bits per heavy atom. The van der Waals surface area contributed by atoms with Crippen LogP contribution in [0, 0.1) is 5.82 Å². The molecule has 1 aromatic carbocycles. The number of benzene rings is 1. The molecule has 0 saturated heterocycles. The molecule has 2 aromatic rings. The Bertz CT molecular complexity index is 530. The number of aromatic nitrogens is 2. The maximum Gasteiger partial charge on any atom is 0.235 e. The van der Waals surface area contributed by atoms with E-state index in [1.807, 2.05) is 0 Å². The fourth-order valence-electron chi connectivity index (χ4n) is 1.38. The number of rotatable bonds is 3. The van der Waals surface area contributed by atoms with Gasteiger partial charge in [-0.3, -0.25) is 0 Å². The van der Waals surface area contributed by atoms with Crippen molar-refractivity contribution in [3.63, 3.8) is 0 Å². The zero-order valence-electron chi connectivity index (χ0n) is 8.30. The third-order valence-corrected chi connectivity index (χ3v) is 2.12. The van der Waals surface area contributed by atoms with E-state index in [2.05, 4.69) is 9.98 Å². The van der Waals surface area contributed by atoms with Crippen LogP contribution in [0.1, 0.15) is 5.56 Å². The zero-order valence-corrected chi connectivity index (χ0v) is 8.30. The molecule has 5 heteroatoms. The van der Waals surface area contributed by atoms with Crippen LogP contribution in [0.3, 0.4) is 0 Å². The number of imidazole rings is 1. The minimum Gasteiger partial charge on any atom is -0.303 e. The molecule has 0 N–H and O–H groups in total. The van der Waals surface area contributed by atoms with Gasteiger partial charge in [-0.2, -0.15) is 0 Å². The van der Waals surface area contributed by atoms with Crippen molar-refractivity contribution in [2.24, 2.45) is 4.99 Å². The van der Waals surface area contributed by atoms with Gasteiger partial charge < -0.3 is 4.57 Å². The Morgan fingerprint density at radius 2 is 2.38 bits per heavy atom. The first-order valence-corrected chi connectivity index (χ1v) is 4.61. The first-order valence-electron chi connectivity index (χ1n) is 4.61. The maximum absolute atomic E-state index is 13.7. The smallest absolute Gasteiger partial charge is 0.235 e. The van der Waals surface area contributed by atoms with Gasteiger partial charge in [-0.1, -0.05) is 6.07 Å². The monoisotopic (exact) mass is 217 g/mol. The molecular weight excluding hydrogens is 209 g/mol. The van der Waals surface area contributed by atoms with Crippen molar-refractivity contribution in [3.8, 4) is 5.69 Å². The van der Waals surface area contributed by atoms with E-state index in [-0.39, 0.29) is 12.4 Å². The molecule has 0 aliphatic rings. The highest BCUT2D eigenvalue weighted by atomic mass is 19.1. The maximum atomic E-state index is 13.7. The summed E-state index contributed by atoms with van der Waals surface area (Å²) in [5, 5.41) is 0. The molecule has 4 nitrogen and oxygen atoms in total. The topological polar surface area (TPSA) is 47.2 Å². The van der Waals surface area contributed by atoms with Crippen LogP contribution < -0.4 is 0 Å². The molecule has 16 heavy (non-hydrogen) atoms. The lowest BCUT2D eigenvalue weighted by atomic mass is 10.2. The van der Waals surface area contributed by atoms with E-state index in [0.29, 0.717) is 11.3 Å². The molecule has 0 radical (unpaired) electrons. The second-order valence-corrected chi connectivity index (χ2v) is 3.16. The Balaban J connectivity index is 2.33. The van der Waals surface area contributed by atoms with Gasteiger partial charge in [0.1, 0.15) is 5.82 Å². The second kappa shape index (κ2) is 4.51. The molecule has 0 bridgehead atoms. The van der Waals surface area contributed by atoms with Gasteiger partial charge in [0.15, 0.2) is 0 Å². The van der Waals surface area contributed by atoms with Gasteiger partial charge >= 0.3 is 0 Å². The van der Waals surface area contributed by atoms with Crippen molar-refractivity contribution >= 4 is 6.08 Å². The molecule has 0 spiro atoms. The van der Waals surface area contributed by atoms with E-state index in [1.165, 1.54) is 18.5 Å². The minimum absolute atomic E-state index is 0.143. The highest BCUT2D eigenvalue weighted by Gasteiger charge is 2.04. The van der Waals surface area contributed by atoms with Crippen molar-refractivity contribution in [1.82, 2.24) is 9.55 Å². The van der Waals surface area contributed by atoms with Crippen LogP contribution in [0.2, 0.25) is 0 Å². The van der Waals surface area contributed by atoms with Gasteiger partial charge in [0, 0.05) is 12.4 Å². The average molecular weight is 217 g/mol. The molecule has 0 atom stereocenters. The highest BCUT2D eigenvalue weighted by molar-refractivity contribution is 5.38. The lowest BCUT2D eigenvalue weighted by Gasteiger charge is -2.04. The molecule has 0 unspecified atom stereocenters. The molecular formula is C11H8FN3O. The van der Waals surface area contributed by atoms with Crippen LogP contribution in [0.25, 0.3) is 5.69 Å². The Morgan fingerprint density at radius 3 is 3.00 bits per heavy atom. The number of hydrogen-bond donors (Lipinski definition) is 0. The number of hydrogen-bond acceptors (Lipinski definition) is 3. The number of isocyanates is 1. The van der Waals surface area contributed by atoms with E-state index in [4.69, 9.17) is 0 Å². The molecule has 0 aliphatic heterocycles. The predicted molar refractivity (Wildman–Crippen MR) is 55.3 cm³/mol. The van der Waals surface area contributed by atoms with Crippen LogP contribution in [0.15, 0.2) is 41.9 Å². The molecule has 2 rings (SSSR count). The molecule has 0 saturated carbocycles. The van der Waals surface area contributed by atoms with Gasteiger partial charge in [-0.25, -0.2) is 19.2 Å². The van der Waals surface area contributed by atoms with E-state index in [9.17, 15) is 9.18 Å². The summed E-state index contributed by atoms with van der Waals surface area (Å²) in [6.07, 6.45) is 6.16. The van der Waals surface area contributed by atoms with Gasteiger partial charge in [0.05, 0.1) is 18.6 Å². The first-order chi connectivity index (χ1) is 7.81. The van der Waals surface area contributed by atoms with E-state index >= 15 is 0 Å². The molecule has 0 amide bonds. The van der Waals surface area contributed by atoms with Crippen molar-refractivity contribution in [3.05, 3.63) is 48.3 Å². The summed E-state index contributed by atoms with van der Waals surface area (Å²) < 4.78 is 15.2. The summed E-state index contributed by atoms with van der Waals surface area (Å²) >= 11 is 0. The molecule has 0 aliphatic carbocycles. The van der Waals surface area contributed by atoms with Crippen LogP contribution >= 0.6 is 0 Å². The van der Waals surface area contributed by atoms with Crippen LogP contribution in [0.5, 0.6) is 0 Å². The summed E-state index contributed by atoms with van der Waals surface area (Å²) in [5.41, 5.74) is 1.04. The number of halogens is 1. The van der Waals surface area contributed by atoms with Crippen LogP contribution in [-0.4, -0.2) is 15.6 Å². The lowest BCUT2D eigenvalue weighted by Crippen LogP contribution is -1.95. The van der Waals surface area contributed by atoms with Gasteiger partial charge in [0.25, 0.3) is 0 Å². The van der Waals surface area contributed by atoms with E-state index in [0.717, 1.165) is 0 Å². The van der Waals surface area contributed by atoms with Crippen molar-refractivity contribution < 1.29 is 9.18 Å². The van der Waals surface area contributed by atoms with Gasteiger partial charge in [-0.05, 0) is 17.7 Å². The Kier molecular flexibility index (Phi) is 2.89. The molecule has 0 fully saturated rings. The van der Waals surface area contributed by atoms with E-state index < -0.39 is 0 Å². The molecule has 1 aromatic heterocycles.